The molecule has 0 fully saturated rings. The molecular formula is C45H27N3O. The molecule has 0 saturated heterocycles. The Balaban J connectivity index is 1.17. The molecule has 49 heavy (non-hydrogen) atoms. The molecule has 0 amide bonds. The van der Waals surface area contributed by atoms with Crippen LogP contribution in [0.15, 0.2) is 168 Å². The van der Waals surface area contributed by atoms with Crippen LogP contribution in [-0.2, 0) is 0 Å². The Kier molecular flexibility index (Phi) is 6.15. The zero-order valence-corrected chi connectivity index (χ0v) is 26.3. The average molecular weight is 626 g/mol. The molecule has 0 bridgehead atoms. The van der Waals surface area contributed by atoms with E-state index in [4.69, 9.17) is 19.4 Å². The zero-order valence-electron chi connectivity index (χ0n) is 26.3. The number of para-hydroxylation sites is 1. The summed E-state index contributed by atoms with van der Waals surface area (Å²) in [6, 6.07) is 57.1. The van der Waals surface area contributed by atoms with Gasteiger partial charge in [0.05, 0.1) is 0 Å². The van der Waals surface area contributed by atoms with Gasteiger partial charge in [0.1, 0.15) is 11.2 Å². The molecule has 0 aliphatic carbocycles. The van der Waals surface area contributed by atoms with Crippen LogP contribution in [0.4, 0.5) is 0 Å². The molecule has 0 spiro atoms. The highest BCUT2D eigenvalue weighted by Gasteiger charge is 2.17. The summed E-state index contributed by atoms with van der Waals surface area (Å²) in [4.78, 5) is 15.4. The second kappa shape index (κ2) is 11.0. The number of hydrogen-bond acceptors (Lipinski definition) is 4. The van der Waals surface area contributed by atoms with Crippen LogP contribution in [0.1, 0.15) is 0 Å². The SMILES string of the molecule is c1ccc2cc(-c3nc(-c4ccc5oc6ccccc6c5c4)nc(-c4cccc5cc(-c6cccc7ccccc67)ccc45)n3)ccc2c1. The Labute approximate surface area is 282 Å². The second-order valence-electron chi connectivity index (χ2n) is 12.4. The number of benzene rings is 8. The maximum Gasteiger partial charge on any atom is 0.164 e. The first kappa shape index (κ1) is 27.5. The van der Waals surface area contributed by atoms with Gasteiger partial charge >= 0.3 is 0 Å². The number of aromatic nitrogens is 3. The van der Waals surface area contributed by atoms with Gasteiger partial charge in [-0.15, -0.1) is 0 Å². The van der Waals surface area contributed by atoms with Crippen molar-refractivity contribution >= 4 is 54.3 Å². The molecule has 10 aromatic rings. The van der Waals surface area contributed by atoms with Crippen LogP contribution in [0.3, 0.4) is 0 Å². The number of rotatable bonds is 4. The predicted molar refractivity (Wildman–Crippen MR) is 201 cm³/mol. The van der Waals surface area contributed by atoms with E-state index in [9.17, 15) is 0 Å². The number of fused-ring (bicyclic) bond motifs is 6. The molecule has 0 N–H and O–H groups in total. The van der Waals surface area contributed by atoms with Gasteiger partial charge in [-0.3, -0.25) is 0 Å². The number of furan rings is 1. The number of nitrogens with zero attached hydrogens (tertiary/aromatic N) is 3. The number of hydrogen-bond donors (Lipinski definition) is 0. The van der Waals surface area contributed by atoms with Crippen molar-refractivity contribution in [2.75, 3.05) is 0 Å². The van der Waals surface area contributed by atoms with Crippen molar-refractivity contribution in [3.8, 4) is 45.3 Å². The summed E-state index contributed by atoms with van der Waals surface area (Å²) in [5, 5.41) is 9.11. The maximum absolute atomic E-state index is 6.13. The largest absolute Gasteiger partial charge is 0.456 e. The van der Waals surface area contributed by atoms with E-state index < -0.39 is 0 Å². The van der Waals surface area contributed by atoms with E-state index in [0.29, 0.717) is 17.5 Å². The van der Waals surface area contributed by atoms with E-state index in [2.05, 4.69) is 133 Å². The van der Waals surface area contributed by atoms with Gasteiger partial charge in [0, 0.05) is 27.5 Å². The van der Waals surface area contributed by atoms with Crippen LogP contribution >= 0.6 is 0 Å². The molecule has 8 aromatic carbocycles. The molecule has 2 heterocycles. The fourth-order valence-electron chi connectivity index (χ4n) is 7.07. The summed E-state index contributed by atoms with van der Waals surface area (Å²) in [7, 11) is 0. The molecule has 4 heteroatoms. The van der Waals surface area contributed by atoms with Gasteiger partial charge in [0.25, 0.3) is 0 Å². The smallest absolute Gasteiger partial charge is 0.164 e. The van der Waals surface area contributed by atoms with Crippen molar-refractivity contribution in [2.24, 2.45) is 0 Å². The molecule has 228 valence electrons. The molecule has 0 radical (unpaired) electrons. The van der Waals surface area contributed by atoms with E-state index in [1.807, 2.05) is 30.3 Å². The van der Waals surface area contributed by atoms with Gasteiger partial charge in [0.15, 0.2) is 17.5 Å². The van der Waals surface area contributed by atoms with Crippen LogP contribution in [0.2, 0.25) is 0 Å². The van der Waals surface area contributed by atoms with Gasteiger partial charge in [0.2, 0.25) is 0 Å². The third kappa shape index (κ3) is 4.65. The standard InChI is InChI=1S/C45H27N3O/c1-2-11-30-25-33(20-19-28(30)9-1)43-46-44(34-22-24-42-40(27-34)38-15-5-6-18-41(38)49-42)48-45(47-43)39-17-8-13-31-26-32(21-23-37(31)39)36-16-7-12-29-10-3-4-14-35(29)36/h1-27H. The molecule has 4 nitrogen and oxygen atoms in total. The Bertz CT molecular complexity index is 2900. The summed E-state index contributed by atoms with van der Waals surface area (Å²) < 4.78 is 6.13. The van der Waals surface area contributed by atoms with Gasteiger partial charge in [-0.25, -0.2) is 15.0 Å². The predicted octanol–water partition coefficient (Wildman–Crippen LogP) is 11.9. The second-order valence-corrected chi connectivity index (χ2v) is 12.4. The van der Waals surface area contributed by atoms with E-state index in [0.717, 1.165) is 54.8 Å². The highest BCUT2D eigenvalue weighted by Crippen LogP contribution is 2.36. The van der Waals surface area contributed by atoms with Crippen molar-refractivity contribution in [3.63, 3.8) is 0 Å². The Morgan fingerprint density at radius 2 is 0.878 bits per heavy atom. The highest BCUT2D eigenvalue weighted by atomic mass is 16.3. The third-order valence-corrected chi connectivity index (χ3v) is 9.50. The van der Waals surface area contributed by atoms with Crippen molar-refractivity contribution in [1.82, 2.24) is 15.0 Å². The average Bonchev–Trinajstić information content (AvgIpc) is 3.55. The quantitative estimate of drug-likeness (QED) is 0.195. The third-order valence-electron chi connectivity index (χ3n) is 9.50. The van der Waals surface area contributed by atoms with Gasteiger partial charge in [-0.1, -0.05) is 127 Å². The minimum absolute atomic E-state index is 0.615. The topological polar surface area (TPSA) is 51.8 Å². The lowest BCUT2D eigenvalue weighted by Gasteiger charge is -2.12. The molecule has 0 aliphatic heterocycles. The van der Waals surface area contributed by atoms with Crippen LogP contribution in [0.25, 0.3) is 99.5 Å². The van der Waals surface area contributed by atoms with E-state index in [-0.39, 0.29) is 0 Å². The van der Waals surface area contributed by atoms with E-state index in [1.165, 1.54) is 27.3 Å². The van der Waals surface area contributed by atoms with Crippen molar-refractivity contribution < 1.29 is 4.42 Å². The van der Waals surface area contributed by atoms with Gasteiger partial charge in [-0.05, 0) is 79.8 Å². The van der Waals surface area contributed by atoms with Gasteiger partial charge < -0.3 is 4.42 Å². The summed E-state index contributed by atoms with van der Waals surface area (Å²) >= 11 is 0. The van der Waals surface area contributed by atoms with Crippen LogP contribution in [-0.4, -0.2) is 15.0 Å². The monoisotopic (exact) mass is 625 g/mol. The first-order valence-electron chi connectivity index (χ1n) is 16.4. The summed E-state index contributed by atoms with van der Waals surface area (Å²) in [5.41, 5.74) is 6.90. The van der Waals surface area contributed by atoms with Gasteiger partial charge in [-0.2, -0.15) is 0 Å². The molecule has 2 aromatic heterocycles. The zero-order chi connectivity index (χ0) is 32.3. The normalized spacial score (nSPS) is 11.7. The lowest BCUT2D eigenvalue weighted by molar-refractivity contribution is 0.669. The summed E-state index contributed by atoms with van der Waals surface area (Å²) in [5.74, 6) is 1.88. The Hall–Kier alpha value is -6.65. The summed E-state index contributed by atoms with van der Waals surface area (Å²) in [6.45, 7) is 0. The first-order valence-corrected chi connectivity index (χ1v) is 16.4. The minimum Gasteiger partial charge on any atom is -0.456 e. The molecule has 0 unspecified atom stereocenters. The lowest BCUT2D eigenvalue weighted by atomic mass is 9.95. The first-order chi connectivity index (χ1) is 24.2. The molecular weight excluding hydrogens is 599 g/mol. The Morgan fingerprint density at radius 3 is 1.76 bits per heavy atom. The van der Waals surface area contributed by atoms with Crippen LogP contribution in [0, 0.1) is 0 Å². The van der Waals surface area contributed by atoms with Crippen molar-refractivity contribution in [3.05, 3.63) is 164 Å². The molecule has 10 rings (SSSR count). The van der Waals surface area contributed by atoms with Crippen LogP contribution in [0.5, 0.6) is 0 Å². The highest BCUT2D eigenvalue weighted by molar-refractivity contribution is 6.06. The summed E-state index contributed by atoms with van der Waals surface area (Å²) in [6.07, 6.45) is 0. The fraction of sp³-hybridized carbons (Fsp3) is 0. The van der Waals surface area contributed by atoms with E-state index >= 15 is 0 Å². The minimum atomic E-state index is 0.615. The lowest BCUT2D eigenvalue weighted by Crippen LogP contribution is -2.00. The molecule has 0 aliphatic rings. The Morgan fingerprint density at radius 1 is 0.306 bits per heavy atom. The van der Waals surface area contributed by atoms with Crippen molar-refractivity contribution in [1.29, 1.82) is 0 Å². The molecule has 0 saturated carbocycles. The van der Waals surface area contributed by atoms with Crippen molar-refractivity contribution in [2.45, 2.75) is 0 Å². The van der Waals surface area contributed by atoms with E-state index in [1.54, 1.807) is 0 Å². The van der Waals surface area contributed by atoms with Crippen LogP contribution < -0.4 is 0 Å². The maximum atomic E-state index is 6.13. The fourth-order valence-corrected chi connectivity index (χ4v) is 7.07. The molecule has 0 atom stereocenters.